The van der Waals surface area contributed by atoms with E-state index in [2.05, 4.69) is 10.9 Å². The third-order valence-electron chi connectivity index (χ3n) is 5.40. The summed E-state index contributed by atoms with van der Waals surface area (Å²) in [6.07, 6.45) is 2.74. The standard InChI is InChI=1S/C21H25N3O5S2/c1-13-11-24(12-14(2)29-13)31(27,28)17-8-6-15(7-9-17)20(25)22-23-21(26)19-10-16-4-3-5-18(16)30-19/h6-10,13-14H,3-5,11-12H2,1-2H3,(H,22,25)(H,23,26). The molecule has 0 spiro atoms. The second kappa shape index (κ2) is 8.70. The molecule has 31 heavy (non-hydrogen) atoms. The first-order valence-corrected chi connectivity index (χ1v) is 12.5. The third-order valence-corrected chi connectivity index (χ3v) is 8.48. The summed E-state index contributed by atoms with van der Waals surface area (Å²) in [4.78, 5) is 26.6. The molecule has 0 bridgehead atoms. The van der Waals surface area contributed by atoms with Gasteiger partial charge in [0.25, 0.3) is 11.8 Å². The van der Waals surface area contributed by atoms with Crippen LogP contribution in [0, 0.1) is 0 Å². The molecule has 1 saturated heterocycles. The Kier molecular flexibility index (Phi) is 6.16. The van der Waals surface area contributed by atoms with Crippen LogP contribution in [0.25, 0.3) is 0 Å². The number of rotatable bonds is 4. The number of nitrogens with zero attached hydrogens (tertiary/aromatic N) is 1. The number of hydrazine groups is 1. The topological polar surface area (TPSA) is 105 Å². The molecule has 1 aliphatic carbocycles. The number of nitrogens with one attached hydrogen (secondary N) is 2. The van der Waals surface area contributed by atoms with Crippen LogP contribution in [-0.4, -0.2) is 49.8 Å². The fourth-order valence-corrected chi connectivity index (χ4v) is 6.68. The number of sulfonamides is 1. The van der Waals surface area contributed by atoms with Crippen LogP contribution in [-0.2, 0) is 27.6 Å². The van der Waals surface area contributed by atoms with Crippen molar-refractivity contribution < 1.29 is 22.7 Å². The van der Waals surface area contributed by atoms with Gasteiger partial charge in [0, 0.05) is 23.5 Å². The summed E-state index contributed by atoms with van der Waals surface area (Å²) >= 11 is 1.45. The zero-order chi connectivity index (χ0) is 22.2. The van der Waals surface area contributed by atoms with Crippen molar-refractivity contribution in [1.82, 2.24) is 15.2 Å². The van der Waals surface area contributed by atoms with Gasteiger partial charge in [-0.2, -0.15) is 4.31 Å². The summed E-state index contributed by atoms with van der Waals surface area (Å²) < 4.78 is 32.8. The minimum absolute atomic E-state index is 0.113. The molecule has 8 nitrogen and oxygen atoms in total. The number of carbonyl (C=O) groups is 2. The number of aryl methyl sites for hydroxylation is 2. The third kappa shape index (κ3) is 4.67. The average Bonchev–Trinajstić information content (AvgIpc) is 3.33. The van der Waals surface area contributed by atoms with E-state index in [0.29, 0.717) is 4.88 Å². The van der Waals surface area contributed by atoms with Crippen molar-refractivity contribution in [2.75, 3.05) is 13.1 Å². The lowest BCUT2D eigenvalue weighted by Crippen LogP contribution is -2.48. The second-order valence-electron chi connectivity index (χ2n) is 7.92. The normalized spacial score (nSPS) is 21.5. The molecular formula is C21H25N3O5S2. The maximum Gasteiger partial charge on any atom is 0.279 e. The molecule has 2 aliphatic rings. The molecule has 1 fully saturated rings. The second-order valence-corrected chi connectivity index (χ2v) is 11.0. The number of morpholine rings is 1. The molecule has 0 radical (unpaired) electrons. The van der Waals surface area contributed by atoms with E-state index in [0.717, 1.165) is 19.3 Å². The Bertz CT molecular complexity index is 1060. The molecule has 1 aliphatic heterocycles. The van der Waals surface area contributed by atoms with Gasteiger partial charge in [0.2, 0.25) is 10.0 Å². The molecule has 2 heterocycles. The van der Waals surface area contributed by atoms with E-state index in [1.807, 2.05) is 19.9 Å². The van der Waals surface area contributed by atoms with Gasteiger partial charge < -0.3 is 4.74 Å². The number of carbonyl (C=O) groups excluding carboxylic acids is 2. The van der Waals surface area contributed by atoms with Gasteiger partial charge in [0.15, 0.2) is 0 Å². The van der Waals surface area contributed by atoms with E-state index < -0.39 is 15.9 Å². The van der Waals surface area contributed by atoms with Crippen molar-refractivity contribution >= 4 is 33.2 Å². The maximum absolute atomic E-state index is 12.9. The average molecular weight is 464 g/mol. The van der Waals surface area contributed by atoms with E-state index in [4.69, 9.17) is 4.74 Å². The van der Waals surface area contributed by atoms with Crippen molar-refractivity contribution in [2.24, 2.45) is 0 Å². The van der Waals surface area contributed by atoms with E-state index >= 15 is 0 Å². The fourth-order valence-electron chi connectivity index (χ4n) is 3.94. The zero-order valence-electron chi connectivity index (χ0n) is 17.4. The summed E-state index contributed by atoms with van der Waals surface area (Å²) in [5.74, 6) is -0.877. The first kappa shape index (κ1) is 21.9. The highest BCUT2D eigenvalue weighted by molar-refractivity contribution is 7.89. The Morgan fingerprint density at radius 2 is 1.68 bits per heavy atom. The molecule has 2 atom stereocenters. The monoisotopic (exact) mass is 463 g/mol. The molecule has 2 unspecified atom stereocenters. The van der Waals surface area contributed by atoms with Crippen LogP contribution in [0.15, 0.2) is 35.2 Å². The highest BCUT2D eigenvalue weighted by atomic mass is 32.2. The maximum atomic E-state index is 12.9. The lowest BCUT2D eigenvalue weighted by molar-refractivity contribution is -0.0440. The van der Waals surface area contributed by atoms with Crippen molar-refractivity contribution in [3.05, 3.63) is 51.2 Å². The quantitative estimate of drug-likeness (QED) is 0.676. The van der Waals surface area contributed by atoms with Gasteiger partial charge in [-0.3, -0.25) is 20.4 Å². The summed E-state index contributed by atoms with van der Waals surface area (Å²) in [7, 11) is -3.68. The molecule has 4 rings (SSSR count). The van der Waals surface area contributed by atoms with E-state index in [1.54, 1.807) is 0 Å². The minimum atomic E-state index is -3.68. The number of benzene rings is 1. The first-order chi connectivity index (χ1) is 14.7. The van der Waals surface area contributed by atoms with Crippen LogP contribution in [0.4, 0.5) is 0 Å². The number of hydrogen-bond acceptors (Lipinski definition) is 6. The molecule has 2 N–H and O–H groups in total. The molecule has 0 saturated carbocycles. The summed E-state index contributed by atoms with van der Waals surface area (Å²) in [5, 5.41) is 0. The Labute approximate surface area is 185 Å². The summed E-state index contributed by atoms with van der Waals surface area (Å²) in [6, 6.07) is 7.55. The number of thiophene rings is 1. The predicted molar refractivity (Wildman–Crippen MR) is 116 cm³/mol. The van der Waals surface area contributed by atoms with Crippen LogP contribution < -0.4 is 10.9 Å². The zero-order valence-corrected chi connectivity index (χ0v) is 19.0. The number of amides is 2. The summed E-state index contributed by atoms with van der Waals surface area (Å²) in [5.41, 5.74) is 6.27. The number of hydrogen-bond donors (Lipinski definition) is 2. The van der Waals surface area contributed by atoms with Gasteiger partial charge in [-0.1, -0.05) is 0 Å². The van der Waals surface area contributed by atoms with Gasteiger partial charge >= 0.3 is 0 Å². The number of ether oxygens (including phenoxy) is 1. The molecule has 1 aromatic heterocycles. The molecular weight excluding hydrogens is 438 g/mol. The predicted octanol–water partition coefficient (Wildman–Crippen LogP) is 2.11. The molecule has 10 heteroatoms. The van der Waals surface area contributed by atoms with Crippen LogP contribution in [0.5, 0.6) is 0 Å². The van der Waals surface area contributed by atoms with Gasteiger partial charge in [-0.05, 0) is 69.0 Å². The molecule has 2 aromatic rings. The van der Waals surface area contributed by atoms with Gasteiger partial charge in [0.1, 0.15) is 0 Å². The van der Waals surface area contributed by atoms with E-state index in [9.17, 15) is 18.0 Å². The van der Waals surface area contributed by atoms with Crippen LogP contribution in [0.3, 0.4) is 0 Å². The van der Waals surface area contributed by atoms with E-state index in [-0.39, 0.29) is 41.7 Å². The highest BCUT2D eigenvalue weighted by Crippen LogP contribution is 2.30. The first-order valence-electron chi connectivity index (χ1n) is 10.2. The molecule has 1 aromatic carbocycles. The van der Waals surface area contributed by atoms with E-state index in [1.165, 1.54) is 50.3 Å². The Morgan fingerprint density at radius 1 is 1.03 bits per heavy atom. The van der Waals surface area contributed by atoms with Gasteiger partial charge in [-0.15, -0.1) is 11.3 Å². The minimum Gasteiger partial charge on any atom is -0.373 e. The van der Waals surface area contributed by atoms with Crippen LogP contribution in [0.2, 0.25) is 0 Å². The lowest BCUT2D eigenvalue weighted by Gasteiger charge is -2.34. The van der Waals surface area contributed by atoms with Crippen LogP contribution in [0.1, 0.15) is 50.7 Å². The summed E-state index contributed by atoms with van der Waals surface area (Å²) in [6.45, 7) is 4.24. The highest BCUT2D eigenvalue weighted by Gasteiger charge is 2.32. The SMILES string of the molecule is CC1CN(S(=O)(=O)c2ccc(C(=O)NNC(=O)c3cc4c(s3)CCC4)cc2)CC(C)O1. The van der Waals surface area contributed by atoms with Crippen molar-refractivity contribution in [2.45, 2.75) is 50.2 Å². The Hall–Kier alpha value is -2.27. The van der Waals surface area contributed by atoms with Crippen molar-refractivity contribution in [3.8, 4) is 0 Å². The van der Waals surface area contributed by atoms with Gasteiger partial charge in [-0.25, -0.2) is 8.42 Å². The lowest BCUT2D eigenvalue weighted by atomic mass is 10.2. The fraction of sp³-hybridized carbons (Fsp3) is 0.429. The van der Waals surface area contributed by atoms with Crippen LogP contribution >= 0.6 is 11.3 Å². The molecule has 166 valence electrons. The van der Waals surface area contributed by atoms with Crippen molar-refractivity contribution in [3.63, 3.8) is 0 Å². The van der Waals surface area contributed by atoms with Gasteiger partial charge in [0.05, 0.1) is 22.0 Å². The largest absolute Gasteiger partial charge is 0.373 e. The Balaban J connectivity index is 1.38. The Morgan fingerprint density at radius 3 is 2.32 bits per heavy atom. The molecule has 2 amide bonds. The van der Waals surface area contributed by atoms with Crippen molar-refractivity contribution in [1.29, 1.82) is 0 Å². The number of fused-ring (bicyclic) bond motifs is 1. The smallest absolute Gasteiger partial charge is 0.279 e.